The Morgan fingerprint density at radius 1 is 1.16 bits per heavy atom. The molecule has 1 aromatic heterocycles. The van der Waals surface area contributed by atoms with E-state index in [0.29, 0.717) is 5.92 Å². The van der Waals surface area contributed by atoms with E-state index in [1.807, 2.05) is 12.1 Å². The highest BCUT2D eigenvalue weighted by molar-refractivity contribution is 5.79. The van der Waals surface area contributed by atoms with Gasteiger partial charge in [-0.1, -0.05) is 40.7 Å². The maximum absolute atomic E-state index is 12.2. The fourth-order valence-electron chi connectivity index (χ4n) is 2.32. The molecule has 19 heavy (non-hydrogen) atoms. The maximum atomic E-state index is 12.2. The molecule has 0 amide bonds. The summed E-state index contributed by atoms with van der Waals surface area (Å²) in [5.41, 5.74) is 3.35. The van der Waals surface area contributed by atoms with Crippen molar-refractivity contribution in [2.45, 2.75) is 46.5 Å². The normalized spacial score (nSPS) is 12.3. The Labute approximate surface area is 114 Å². The third-order valence-electron chi connectivity index (χ3n) is 3.38. The van der Waals surface area contributed by atoms with E-state index in [2.05, 4.69) is 45.7 Å². The van der Waals surface area contributed by atoms with Crippen LogP contribution in [0.5, 0.6) is 0 Å². The van der Waals surface area contributed by atoms with E-state index >= 15 is 0 Å². The predicted octanol–water partition coefficient (Wildman–Crippen LogP) is 4.02. The molecule has 0 saturated heterocycles. The molecule has 0 aliphatic carbocycles. The summed E-state index contributed by atoms with van der Waals surface area (Å²) in [6, 6.07) is 7.90. The zero-order chi connectivity index (χ0) is 14.2. The monoisotopic (exact) mass is 257 g/mol. The van der Waals surface area contributed by atoms with Crippen molar-refractivity contribution in [2.75, 3.05) is 0 Å². The topological polar surface area (TPSA) is 32.9 Å². The van der Waals surface area contributed by atoms with E-state index in [-0.39, 0.29) is 10.8 Å². The van der Waals surface area contributed by atoms with Crippen molar-refractivity contribution >= 4 is 10.9 Å². The first kappa shape index (κ1) is 13.9. The molecule has 0 radical (unpaired) electrons. The van der Waals surface area contributed by atoms with E-state index in [1.165, 1.54) is 5.56 Å². The molecule has 1 aromatic carbocycles. The molecule has 2 nitrogen and oxygen atoms in total. The quantitative estimate of drug-likeness (QED) is 0.865. The summed E-state index contributed by atoms with van der Waals surface area (Å²) in [7, 11) is 0. The third-order valence-corrected chi connectivity index (χ3v) is 3.38. The van der Waals surface area contributed by atoms with Gasteiger partial charge in [-0.3, -0.25) is 4.79 Å². The minimum absolute atomic E-state index is 0.0667. The lowest BCUT2D eigenvalue weighted by Gasteiger charge is -2.19. The molecule has 0 aliphatic heterocycles. The number of aromatic amines is 1. The van der Waals surface area contributed by atoms with Gasteiger partial charge in [-0.25, -0.2) is 0 Å². The lowest BCUT2D eigenvalue weighted by atomic mass is 9.86. The first-order valence-electron chi connectivity index (χ1n) is 6.94. The molecule has 0 aliphatic rings. The zero-order valence-corrected chi connectivity index (χ0v) is 12.5. The Bertz CT molecular complexity index is 644. The molecule has 0 fully saturated rings. The molecule has 0 spiro atoms. The lowest BCUT2D eigenvalue weighted by Crippen LogP contribution is -2.13. The number of aromatic nitrogens is 1. The first-order chi connectivity index (χ1) is 8.77. The summed E-state index contributed by atoms with van der Waals surface area (Å²) >= 11 is 0. The Kier molecular flexibility index (Phi) is 3.53. The van der Waals surface area contributed by atoms with Crippen LogP contribution in [-0.2, 0) is 11.8 Å². The van der Waals surface area contributed by atoms with Gasteiger partial charge in [0.25, 0.3) is 0 Å². The Hall–Kier alpha value is -1.57. The van der Waals surface area contributed by atoms with Crippen LogP contribution in [0, 0.1) is 5.92 Å². The van der Waals surface area contributed by atoms with Gasteiger partial charge < -0.3 is 4.98 Å². The number of benzene rings is 1. The lowest BCUT2D eigenvalue weighted by molar-refractivity contribution is 0.591. The van der Waals surface area contributed by atoms with E-state index in [1.54, 1.807) is 6.07 Å². The minimum Gasteiger partial charge on any atom is -0.358 e. The number of H-pyrrole nitrogens is 1. The van der Waals surface area contributed by atoms with E-state index in [9.17, 15) is 4.79 Å². The van der Waals surface area contributed by atoms with Crippen LogP contribution in [0.2, 0.25) is 0 Å². The SMILES string of the molecule is CC(C)Cc1cc(=O)c2cc(C(C)(C)C)ccc2[nH]1. The number of hydrogen-bond donors (Lipinski definition) is 1. The van der Waals surface area contributed by atoms with Crippen LogP contribution >= 0.6 is 0 Å². The van der Waals surface area contributed by atoms with E-state index in [0.717, 1.165) is 23.0 Å². The van der Waals surface area contributed by atoms with Crippen LogP contribution in [-0.4, -0.2) is 4.98 Å². The van der Waals surface area contributed by atoms with Gasteiger partial charge in [0.15, 0.2) is 5.43 Å². The summed E-state index contributed by atoms with van der Waals surface area (Å²) in [5, 5.41) is 0.792. The standard InChI is InChI=1S/C17H23NO/c1-11(2)8-13-10-16(19)14-9-12(17(3,4)5)6-7-15(14)18-13/h6-7,9-11H,8H2,1-5H3,(H,18,19). The molecule has 0 atom stereocenters. The largest absolute Gasteiger partial charge is 0.358 e. The maximum Gasteiger partial charge on any atom is 0.189 e. The predicted molar refractivity (Wildman–Crippen MR) is 81.8 cm³/mol. The highest BCUT2D eigenvalue weighted by Gasteiger charge is 2.14. The van der Waals surface area contributed by atoms with Crippen LogP contribution < -0.4 is 5.43 Å². The zero-order valence-electron chi connectivity index (χ0n) is 12.5. The van der Waals surface area contributed by atoms with Crippen molar-refractivity contribution in [3.63, 3.8) is 0 Å². The van der Waals surface area contributed by atoms with Gasteiger partial charge in [-0.15, -0.1) is 0 Å². The molecule has 0 saturated carbocycles. The van der Waals surface area contributed by atoms with Gasteiger partial charge >= 0.3 is 0 Å². The second-order valence-corrected chi connectivity index (χ2v) is 6.77. The first-order valence-corrected chi connectivity index (χ1v) is 6.94. The molecule has 102 valence electrons. The van der Waals surface area contributed by atoms with Crippen molar-refractivity contribution in [1.29, 1.82) is 0 Å². The van der Waals surface area contributed by atoms with E-state index < -0.39 is 0 Å². The third kappa shape index (κ3) is 3.06. The molecular formula is C17H23NO. The molecule has 1 heterocycles. The van der Waals surface area contributed by atoms with E-state index in [4.69, 9.17) is 0 Å². The fraction of sp³-hybridized carbons (Fsp3) is 0.471. The molecule has 0 unspecified atom stereocenters. The van der Waals surface area contributed by atoms with Crippen LogP contribution in [0.4, 0.5) is 0 Å². The van der Waals surface area contributed by atoms with Crippen molar-refractivity contribution in [2.24, 2.45) is 5.92 Å². The molecular weight excluding hydrogens is 234 g/mol. The second-order valence-electron chi connectivity index (χ2n) is 6.77. The smallest absolute Gasteiger partial charge is 0.189 e. The number of pyridine rings is 1. The molecule has 1 N–H and O–H groups in total. The fourth-order valence-corrected chi connectivity index (χ4v) is 2.32. The second kappa shape index (κ2) is 4.84. The van der Waals surface area contributed by atoms with Gasteiger partial charge in [0.1, 0.15) is 0 Å². The molecule has 2 aromatic rings. The van der Waals surface area contributed by atoms with Crippen LogP contribution in [0.25, 0.3) is 10.9 Å². The van der Waals surface area contributed by atoms with Crippen LogP contribution in [0.3, 0.4) is 0 Å². The van der Waals surface area contributed by atoms with Crippen LogP contribution in [0.15, 0.2) is 29.1 Å². The summed E-state index contributed by atoms with van der Waals surface area (Å²) in [6.07, 6.45) is 0.909. The van der Waals surface area contributed by atoms with Crippen molar-refractivity contribution < 1.29 is 0 Å². The van der Waals surface area contributed by atoms with Crippen LogP contribution in [0.1, 0.15) is 45.9 Å². The Balaban J connectivity index is 2.57. The average Bonchev–Trinajstić information content (AvgIpc) is 2.26. The highest BCUT2D eigenvalue weighted by atomic mass is 16.1. The molecule has 2 rings (SSSR count). The average molecular weight is 257 g/mol. The Morgan fingerprint density at radius 3 is 2.42 bits per heavy atom. The van der Waals surface area contributed by atoms with Gasteiger partial charge in [0, 0.05) is 22.7 Å². The number of rotatable bonds is 2. The van der Waals surface area contributed by atoms with Crippen molar-refractivity contribution in [3.05, 3.63) is 45.7 Å². The minimum atomic E-state index is 0.0667. The Morgan fingerprint density at radius 2 is 1.84 bits per heavy atom. The van der Waals surface area contributed by atoms with Gasteiger partial charge in [0.05, 0.1) is 0 Å². The van der Waals surface area contributed by atoms with Crippen molar-refractivity contribution in [1.82, 2.24) is 4.98 Å². The van der Waals surface area contributed by atoms with Gasteiger partial charge in [-0.2, -0.15) is 0 Å². The van der Waals surface area contributed by atoms with Gasteiger partial charge in [-0.05, 0) is 35.4 Å². The number of hydrogen-bond acceptors (Lipinski definition) is 1. The van der Waals surface area contributed by atoms with Gasteiger partial charge in [0.2, 0.25) is 0 Å². The number of fused-ring (bicyclic) bond motifs is 1. The summed E-state index contributed by atoms with van der Waals surface area (Å²) in [5.74, 6) is 0.543. The highest BCUT2D eigenvalue weighted by Crippen LogP contribution is 2.24. The summed E-state index contributed by atoms with van der Waals surface area (Å²) in [6.45, 7) is 10.8. The summed E-state index contributed by atoms with van der Waals surface area (Å²) in [4.78, 5) is 15.6. The molecule has 0 bridgehead atoms. The summed E-state index contributed by atoms with van der Waals surface area (Å²) < 4.78 is 0. The van der Waals surface area contributed by atoms with Crippen molar-refractivity contribution in [3.8, 4) is 0 Å². The molecule has 2 heteroatoms. The number of nitrogens with one attached hydrogen (secondary N) is 1.